The largest absolute Gasteiger partial charge is 0.327 e. The summed E-state index contributed by atoms with van der Waals surface area (Å²) in [5.74, 6) is -0.0000463. The highest BCUT2D eigenvalue weighted by atomic mass is 14.6. The van der Waals surface area contributed by atoms with E-state index in [1.165, 1.54) is 11.1 Å². The Morgan fingerprint density at radius 1 is 1.38 bits per heavy atom. The lowest BCUT2D eigenvalue weighted by Gasteiger charge is -2.24. The molecule has 1 aromatic rings. The molecule has 13 heavy (non-hydrogen) atoms. The Kier molecular flexibility index (Phi) is 2.03. The fourth-order valence-corrected chi connectivity index (χ4v) is 1.98. The molecule has 0 spiro atoms. The molecular formula is C11H12N2. The maximum Gasteiger partial charge on any atom is 0.0730 e. The number of nitrogens with zero attached hydrogens (tertiary/aromatic N) is 1. The van der Waals surface area contributed by atoms with E-state index in [0.717, 1.165) is 12.8 Å². The first-order valence-corrected chi connectivity index (χ1v) is 4.54. The molecule has 2 rings (SSSR count). The molecule has 66 valence electrons. The molecule has 2 heteroatoms. The standard InChI is InChI=1S/C11H12N2/c12-7-9-6-10(13)5-8-3-1-2-4-11(8)9/h1-4,9-10H,5-6,13H2/t9-,10-/m0/s1. The highest BCUT2D eigenvalue weighted by Crippen LogP contribution is 2.29. The first-order valence-electron chi connectivity index (χ1n) is 4.54. The normalized spacial score (nSPS) is 26.2. The molecule has 1 aromatic carbocycles. The number of hydrogen-bond donors (Lipinski definition) is 1. The van der Waals surface area contributed by atoms with E-state index in [0.29, 0.717) is 0 Å². The van der Waals surface area contributed by atoms with Crippen molar-refractivity contribution in [1.29, 1.82) is 5.26 Å². The third-order valence-corrected chi connectivity index (χ3v) is 2.61. The van der Waals surface area contributed by atoms with Gasteiger partial charge in [-0.1, -0.05) is 24.3 Å². The van der Waals surface area contributed by atoms with Crippen LogP contribution in [0.2, 0.25) is 0 Å². The summed E-state index contributed by atoms with van der Waals surface area (Å²) >= 11 is 0. The van der Waals surface area contributed by atoms with Crippen LogP contribution in [0, 0.1) is 11.3 Å². The number of nitrogens with two attached hydrogens (primary N) is 1. The maximum atomic E-state index is 8.95. The first kappa shape index (κ1) is 8.28. The van der Waals surface area contributed by atoms with Crippen molar-refractivity contribution in [3.63, 3.8) is 0 Å². The molecule has 0 saturated heterocycles. The van der Waals surface area contributed by atoms with Crippen molar-refractivity contribution < 1.29 is 0 Å². The Labute approximate surface area is 78.0 Å². The summed E-state index contributed by atoms with van der Waals surface area (Å²) in [6, 6.07) is 10.6. The lowest BCUT2D eigenvalue weighted by Crippen LogP contribution is -2.29. The molecule has 0 amide bonds. The Morgan fingerprint density at radius 2 is 2.15 bits per heavy atom. The molecule has 2 nitrogen and oxygen atoms in total. The fourth-order valence-electron chi connectivity index (χ4n) is 1.98. The second-order valence-corrected chi connectivity index (χ2v) is 3.58. The molecule has 0 aliphatic heterocycles. The number of hydrogen-bond acceptors (Lipinski definition) is 2. The van der Waals surface area contributed by atoms with Crippen LogP contribution in [0.4, 0.5) is 0 Å². The monoisotopic (exact) mass is 172 g/mol. The molecule has 0 heterocycles. The quantitative estimate of drug-likeness (QED) is 0.645. The van der Waals surface area contributed by atoms with E-state index in [1.807, 2.05) is 18.2 Å². The Morgan fingerprint density at radius 3 is 2.92 bits per heavy atom. The van der Waals surface area contributed by atoms with Crippen LogP contribution in [0.1, 0.15) is 23.5 Å². The van der Waals surface area contributed by atoms with Crippen LogP contribution in [-0.4, -0.2) is 6.04 Å². The van der Waals surface area contributed by atoms with E-state index in [2.05, 4.69) is 12.1 Å². The summed E-state index contributed by atoms with van der Waals surface area (Å²) in [6.07, 6.45) is 1.71. The molecule has 0 aromatic heterocycles. The molecule has 0 saturated carbocycles. The minimum absolute atomic E-state index is 0.0000463. The summed E-state index contributed by atoms with van der Waals surface area (Å²) < 4.78 is 0. The zero-order valence-electron chi connectivity index (χ0n) is 7.40. The molecule has 2 N–H and O–H groups in total. The lowest BCUT2D eigenvalue weighted by atomic mass is 9.81. The third-order valence-electron chi connectivity index (χ3n) is 2.61. The zero-order valence-corrected chi connectivity index (χ0v) is 7.40. The van der Waals surface area contributed by atoms with Crippen LogP contribution in [0.15, 0.2) is 24.3 Å². The van der Waals surface area contributed by atoms with Crippen LogP contribution in [-0.2, 0) is 6.42 Å². The summed E-state index contributed by atoms with van der Waals surface area (Å²) in [7, 11) is 0. The summed E-state index contributed by atoms with van der Waals surface area (Å²) in [5, 5.41) is 8.95. The van der Waals surface area contributed by atoms with Crippen molar-refractivity contribution in [2.75, 3.05) is 0 Å². The van der Waals surface area contributed by atoms with Crippen LogP contribution in [0.5, 0.6) is 0 Å². The van der Waals surface area contributed by atoms with Crippen molar-refractivity contribution in [2.24, 2.45) is 5.73 Å². The van der Waals surface area contributed by atoms with Gasteiger partial charge in [0.25, 0.3) is 0 Å². The third kappa shape index (κ3) is 1.43. The fraction of sp³-hybridized carbons (Fsp3) is 0.364. The van der Waals surface area contributed by atoms with E-state index < -0.39 is 0 Å². The van der Waals surface area contributed by atoms with E-state index >= 15 is 0 Å². The molecule has 0 bridgehead atoms. The molecule has 1 aliphatic rings. The Balaban J connectivity index is 2.44. The van der Waals surface area contributed by atoms with Crippen molar-refractivity contribution in [3.8, 4) is 6.07 Å². The van der Waals surface area contributed by atoms with Crippen molar-refractivity contribution in [3.05, 3.63) is 35.4 Å². The van der Waals surface area contributed by atoms with E-state index in [9.17, 15) is 0 Å². The number of nitriles is 1. The second-order valence-electron chi connectivity index (χ2n) is 3.58. The van der Waals surface area contributed by atoms with Crippen LogP contribution < -0.4 is 5.73 Å². The summed E-state index contributed by atoms with van der Waals surface area (Å²) in [5.41, 5.74) is 8.28. The molecular weight excluding hydrogens is 160 g/mol. The van der Waals surface area contributed by atoms with Gasteiger partial charge >= 0.3 is 0 Å². The summed E-state index contributed by atoms with van der Waals surface area (Å²) in [6.45, 7) is 0. The highest BCUT2D eigenvalue weighted by Gasteiger charge is 2.23. The van der Waals surface area contributed by atoms with Gasteiger partial charge < -0.3 is 5.73 Å². The SMILES string of the molecule is N#C[C@@H]1C[C@@H](N)Cc2ccccc21. The van der Waals surface area contributed by atoms with Gasteiger partial charge in [0.2, 0.25) is 0 Å². The van der Waals surface area contributed by atoms with E-state index in [4.69, 9.17) is 11.0 Å². The molecule has 0 radical (unpaired) electrons. The average Bonchev–Trinajstić information content (AvgIpc) is 2.16. The van der Waals surface area contributed by atoms with Gasteiger partial charge in [0.05, 0.1) is 12.0 Å². The van der Waals surface area contributed by atoms with Crippen LogP contribution >= 0.6 is 0 Å². The van der Waals surface area contributed by atoms with Crippen LogP contribution in [0.3, 0.4) is 0 Å². The maximum absolute atomic E-state index is 8.95. The Bertz CT molecular complexity index is 351. The second kappa shape index (κ2) is 3.20. The molecule has 0 fully saturated rings. The molecule has 0 unspecified atom stereocenters. The number of benzene rings is 1. The van der Waals surface area contributed by atoms with Gasteiger partial charge in [-0.3, -0.25) is 0 Å². The van der Waals surface area contributed by atoms with Crippen molar-refractivity contribution in [2.45, 2.75) is 24.8 Å². The minimum Gasteiger partial charge on any atom is -0.327 e. The summed E-state index contributed by atoms with van der Waals surface area (Å²) in [4.78, 5) is 0. The van der Waals surface area contributed by atoms with E-state index in [1.54, 1.807) is 0 Å². The molecule has 1 aliphatic carbocycles. The molecule has 2 atom stereocenters. The highest BCUT2D eigenvalue weighted by molar-refractivity contribution is 5.37. The van der Waals surface area contributed by atoms with Gasteiger partial charge in [-0.15, -0.1) is 0 Å². The van der Waals surface area contributed by atoms with Gasteiger partial charge in [-0.05, 0) is 24.0 Å². The van der Waals surface area contributed by atoms with Gasteiger partial charge in [-0.25, -0.2) is 0 Å². The van der Waals surface area contributed by atoms with Gasteiger partial charge in [0.15, 0.2) is 0 Å². The van der Waals surface area contributed by atoms with E-state index in [-0.39, 0.29) is 12.0 Å². The number of fused-ring (bicyclic) bond motifs is 1. The zero-order chi connectivity index (χ0) is 9.26. The number of rotatable bonds is 0. The predicted molar refractivity (Wildman–Crippen MR) is 51.1 cm³/mol. The van der Waals surface area contributed by atoms with Crippen LogP contribution in [0.25, 0.3) is 0 Å². The van der Waals surface area contributed by atoms with Gasteiger partial charge in [0.1, 0.15) is 0 Å². The van der Waals surface area contributed by atoms with Gasteiger partial charge in [-0.2, -0.15) is 5.26 Å². The lowest BCUT2D eigenvalue weighted by molar-refractivity contribution is 0.544. The van der Waals surface area contributed by atoms with Gasteiger partial charge in [0, 0.05) is 6.04 Å². The minimum atomic E-state index is -0.0000463. The van der Waals surface area contributed by atoms with Crippen molar-refractivity contribution >= 4 is 0 Å². The first-order chi connectivity index (χ1) is 6.31. The Hall–Kier alpha value is -1.33. The predicted octanol–water partition coefficient (Wildman–Crippen LogP) is 1.57. The van der Waals surface area contributed by atoms with Crippen molar-refractivity contribution in [1.82, 2.24) is 0 Å². The topological polar surface area (TPSA) is 49.8 Å². The smallest absolute Gasteiger partial charge is 0.0730 e. The average molecular weight is 172 g/mol.